The van der Waals surface area contributed by atoms with Crippen molar-refractivity contribution in [2.45, 2.75) is 0 Å². The van der Waals surface area contributed by atoms with E-state index in [4.69, 9.17) is 0 Å². The molecule has 1 aromatic carbocycles. The smallest absolute Gasteiger partial charge is 0.265 e. The Morgan fingerprint density at radius 1 is 1.15 bits per heavy atom. The molecule has 0 unspecified atom stereocenters. The Balaban J connectivity index is 1.81. The van der Waals surface area contributed by atoms with Gasteiger partial charge in [0.1, 0.15) is 5.75 Å². The zero-order valence-electron chi connectivity index (χ0n) is 10.4. The van der Waals surface area contributed by atoms with E-state index in [1.807, 2.05) is 29.0 Å². The molecule has 2 N–H and O–H groups in total. The van der Waals surface area contributed by atoms with Crippen molar-refractivity contribution in [3.63, 3.8) is 0 Å². The van der Waals surface area contributed by atoms with Crippen molar-refractivity contribution in [2.75, 3.05) is 5.32 Å². The number of hydrogen-bond donors (Lipinski definition) is 2. The first-order valence-electron chi connectivity index (χ1n) is 5.95. The fraction of sp³-hybridized carbons (Fsp3) is 0. The zero-order valence-corrected chi connectivity index (χ0v) is 12.0. The quantitative estimate of drug-likeness (QED) is 0.751. The van der Waals surface area contributed by atoms with Crippen LogP contribution < -0.4 is 5.32 Å². The number of phenols is 1. The van der Waals surface area contributed by atoms with Crippen LogP contribution in [0, 0.1) is 0 Å². The van der Waals surface area contributed by atoms with E-state index in [1.54, 1.807) is 35.6 Å². The molecule has 0 fully saturated rings. The van der Waals surface area contributed by atoms with Crippen molar-refractivity contribution in [3.8, 4) is 16.2 Å². The van der Waals surface area contributed by atoms with Gasteiger partial charge in [-0.1, -0.05) is 12.1 Å². The first-order valence-corrected chi connectivity index (χ1v) is 7.71. The Morgan fingerprint density at radius 2 is 2.05 bits per heavy atom. The maximum Gasteiger partial charge on any atom is 0.265 e. The van der Waals surface area contributed by atoms with Gasteiger partial charge in [0.25, 0.3) is 5.91 Å². The molecular formula is C15H11NO2S2. The fourth-order valence-electron chi connectivity index (χ4n) is 1.80. The second-order valence-electron chi connectivity index (χ2n) is 4.18. The number of carbonyl (C=O) groups is 1. The number of aromatic hydroxyl groups is 1. The number of benzene rings is 1. The van der Waals surface area contributed by atoms with E-state index in [2.05, 4.69) is 5.32 Å². The van der Waals surface area contributed by atoms with Crippen LogP contribution in [0.3, 0.4) is 0 Å². The third-order valence-electron chi connectivity index (χ3n) is 2.74. The molecule has 0 aliphatic rings. The zero-order chi connectivity index (χ0) is 13.9. The van der Waals surface area contributed by atoms with Crippen LogP contribution >= 0.6 is 22.7 Å². The summed E-state index contributed by atoms with van der Waals surface area (Å²) in [4.78, 5) is 13.7. The first kappa shape index (κ1) is 12.9. The molecule has 0 aliphatic carbocycles. The summed E-state index contributed by atoms with van der Waals surface area (Å²) >= 11 is 2.95. The SMILES string of the molecule is O=C(Nc1ccsc1)c1ccc(-c2cccc(O)c2)s1. The van der Waals surface area contributed by atoms with Crippen molar-refractivity contribution in [2.24, 2.45) is 0 Å². The molecule has 3 rings (SSSR count). The molecule has 0 saturated heterocycles. The molecule has 0 bridgehead atoms. The van der Waals surface area contributed by atoms with Crippen molar-refractivity contribution in [1.82, 2.24) is 0 Å². The minimum atomic E-state index is -0.111. The Morgan fingerprint density at radius 3 is 2.80 bits per heavy atom. The summed E-state index contributed by atoms with van der Waals surface area (Å²) in [6.07, 6.45) is 0. The first-order chi connectivity index (χ1) is 9.72. The number of rotatable bonds is 3. The molecule has 1 amide bonds. The topological polar surface area (TPSA) is 49.3 Å². The van der Waals surface area contributed by atoms with Crippen LogP contribution in [0.15, 0.2) is 53.2 Å². The Hall–Kier alpha value is -2.11. The maximum atomic E-state index is 12.1. The summed E-state index contributed by atoms with van der Waals surface area (Å²) in [5.41, 5.74) is 1.72. The molecule has 3 aromatic rings. The van der Waals surface area contributed by atoms with Crippen molar-refractivity contribution in [1.29, 1.82) is 0 Å². The Kier molecular flexibility index (Phi) is 3.54. The molecule has 0 saturated carbocycles. The van der Waals surface area contributed by atoms with Gasteiger partial charge in [0.05, 0.1) is 10.6 Å². The summed E-state index contributed by atoms with van der Waals surface area (Å²) in [6, 6.07) is 12.6. The lowest BCUT2D eigenvalue weighted by Gasteiger charge is -2.00. The van der Waals surface area contributed by atoms with Gasteiger partial charge in [-0.25, -0.2) is 0 Å². The second kappa shape index (κ2) is 5.48. The van der Waals surface area contributed by atoms with Crippen LogP contribution in [-0.2, 0) is 0 Å². The van der Waals surface area contributed by atoms with Crippen molar-refractivity contribution < 1.29 is 9.90 Å². The highest BCUT2D eigenvalue weighted by atomic mass is 32.1. The lowest BCUT2D eigenvalue weighted by Crippen LogP contribution is -2.08. The van der Waals surface area contributed by atoms with Crippen LogP contribution in [0.25, 0.3) is 10.4 Å². The predicted octanol–water partition coefficient (Wildman–Crippen LogP) is 4.43. The van der Waals surface area contributed by atoms with Gasteiger partial charge in [-0.05, 0) is 41.3 Å². The number of amides is 1. The van der Waals surface area contributed by atoms with Gasteiger partial charge in [0.15, 0.2) is 0 Å². The van der Waals surface area contributed by atoms with Crippen LogP contribution in [0.5, 0.6) is 5.75 Å². The molecule has 0 aliphatic heterocycles. The van der Waals surface area contributed by atoms with E-state index in [1.165, 1.54) is 11.3 Å². The van der Waals surface area contributed by atoms with Crippen LogP contribution in [0.4, 0.5) is 5.69 Å². The van der Waals surface area contributed by atoms with Gasteiger partial charge in [-0.15, -0.1) is 11.3 Å². The number of nitrogens with one attached hydrogen (secondary N) is 1. The monoisotopic (exact) mass is 301 g/mol. The van der Waals surface area contributed by atoms with Gasteiger partial charge in [0, 0.05) is 10.3 Å². The van der Waals surface area contributed by atoms with Crippen LogP contribution in [0.1, 0.15) is 9.67 Å². The highest BCUT2D eigenvalue weighted by Crippen LogP contribution is 2.30. The third kappa shape index (κ3) is 2.74. The number of thiophene rings is 2. The minimum Gasteiger partial charge on any atom is -0.508 e. The molecule has 0 spiro atoms. The minimum absolute atomic E-state index is 0.111. The fourth-order valence-corrected chi connectivity index (χ4v) is 3.29. The van der Waals surface area contributed by atoms with E-state index >= 15 is 0 Å². The highest BCUT2D eigenvalue weighted by Gasteiger charge is 2.11. The Bertz CT molecular complexity index is 732. The summed E-state index contributed by atoms with van der Waals surface area (Å²) in [6.45, 7) is 0. The Labute approximate surface area is 124 Å². The average molecular weight is 301 g/mol. The van der Waals surface area contributed by atoms with Gasteiger partial charge in [0.2, 0.25) is 0 Å². The van der Waals surface area contributed by atoms with Crippen LogP contribution in [0.2, 0.25) is 0 Å². The molecule has 2 aromatic heterocycles. The van der Waals surface area contributed by atoms with Gasteiger partial charge in [-0.3, -0.25) is 4.79 Å². The molecular weight excluding hydrogens is 290 g/mol. The molecule has 20 heavy (non-hydrogen) atoms. The molecule has 100 valence electrons. The molecule has 0 radical (unpaired) electrons. The number of phenolic OH excluding ortho intramolecular Hbond substituents is 1. The summed E-state index contributed by atoms with van der Waals surface area (Å²) in [5, 5.41) is 16.1. The summed E-state index contributed by atoms with van der Waals surface area (Å²) in [7, 11) is 0. The molecule has 3 nitrogen and oxygen atoms in total. The third-order valence-corrected chi connectivity index (χ3v) is 4.56. The van der Waals surface area contributed by atoms with Gasteiger partial charge in [-0.2, -0.15) is 11.3 Å². The molecule has 2 heterocycles. The van der Waals surface area contributed by atoms with Crippen LogP contribution in [-0.4, -0.2) is 11.0 Å². The normalized spacial score (nSPS) is 10.4. The lowest BCUT2D eigenvalue weighted by atomic mass is 10.2. The molecule has 0 atom stereocenters. The number of carbonyl (C=O) groups excluding carboxylic acids is 1. The van der Waals surface area contributed by atoms with Crippen molar-refractivity contribution >= 4 is 34.3 Å². The maximum absolute atomic E-state index is 12.1. The second-order valence-corrected chi connectivity index (χ2v) is 6.04. The number of hydrogen-bond acceptors (Lipinski definition) is 4. The number of anilines is 1. The van der Waals surface area contributed by atoms with E-state index in [-0.39, 0.29) is 11.7 Å². The molecule has 5 heteroatoms. The lowest BCUT2D eigenvalue weighted by molar-refractivity contribution is 0.103. The average Bonchev–Trinajstić information content (AvgIpc) is 3.09. The van der Waals surface area contributed by atoms with E-state index in [0.29, 0.717) is 4.88 Å². The standard InChI is InChI=1S/C15H11NO2S2/c17-12-3-1-2-10(8-12)13-4-5-14(20-13)15(18)16-11-6-7-19-9-11/h1-9,17H,(H,16,18). The van der Waals surface area contributed by atoms with E-state index < -0.39 is 0 Å². The van der Waals surface area contributed by atoms with Gasteiger partial charge < -0.3 is 10.4 Å². The highest BCUT2D eigenvalue weighted by molar-refractivity contribution is 7.17. The largest absolute Gasteiger partial charge is 0.508 e. The van der Waals surface area contributed by atoms with E-state index in [0.717, 1.165) is 16.1 Å². The van der Waals surface area contributed by atoms with Crippen molar-refractivity contribution in [3.05, 3.63) is 58.1 Å². The summed E-state index contributed by atoms with van der Waals surface area (Å²) < 4.78 is 0. The van der Waals surface area contributed by atoms with Gasteiger partial charge >= 0.3 is 0 Å². The summed E-state index contributed by atoms with van der Waals surface area (Å²) in [5.74, 6) is 0.111. The predicted molar refractivity (Wildman–Crippen MR) is 83.7 cm³/mol. The van der Waals surface area contributed by atoms with E-state index in [9.17, 15) is 9.90 Å².